The maximum atomic E-state index is 11.9. The molecule has 0 radical (unpaired) electrons. The molecule has 0 heterocycles. The number of hydrogen-bond donors (Lipinski definition) is 0. The number of ether oxygens (including phenoxy) is 1. The number of nitrogens with zero attached hydrogens (tertiary/aromatic N) is 1. The molecule has 1 rings (SSSR count). The summed E-state index contributed by atoms with van der Waals surface area (Å²) in [7, 11) is 0. The summed E-state index contributed by atoms with van der Waals surface area (Å²) < 4.78 is 5.47. The van der Waals surface area contributed by atoms with Crippen LogP contribution in [0.15, 0.2) is 23.5 Å². The molecule has 0 aromatic carbocycles. The van der Waals surface area contributed by atoms with Gasteiger partial charge in [0.1, 0.15) is 5.76 Å². The normalized spacial score (nSPS) is 15.8. The maximum absolute atomic E-state index is 11.9. The summed E-state index contributed by atoms with van der Waals surface area (Å²) in [6.07, 6.45) is 5.78. The minimum atomic E-state index is -0.235. The van der Waals surface area contributed by atoms with Gasteiger partial charge in [0.05, 0.1) is 0 Å². The second-order valence-corrected chi connectivity index (χ2v) is 5.60. The molecule has 0 saturated heterocycles. The van der Waals surface area contributed by atoms with E-state index in [0.717, 1.165) is 18.6 Å². The molecule has 0 aliphatic heterocycles. The monoisotopic (exact) mass is 251 g/mol. The molecule has 0 unspecified atom stereocenters. The van der Waals surface area contributed by atoms with Gasteiger partial charge in [0.15, 0.2) is 0 Å². The molecular formula is C15H25NO2. The Bertz CT molecular complexity index is 357. The molecule has 0 saturated carbocycles. The molecule has 3 heteroatoms. The molecular weight excluding hydrogens is 226 g/mol. The molecule has 1 aliphatic carbocycles. The maximum Gasteiger partial charge on any atom is 0.414 e. The summed E-state index contributed by atoms with van der Waals surface area (Å²) in [4.78, 5) is 13.6. The van der Waals surface area contributed by atoms with Crippen LogP contribution in [0.4, 0.5) is 4.79 Å². The minimum absolute atomic E-state index is 0.104. The van der Waals surface area contributed by atoms with E-state index in [1.807, 2.05) is 19.9 Å². The Morgan fingerprint density at radius 1 is 1.33 bits per heavy atom. The van der Waals surface area contributed by atoms with E-state index >= 15 is 0 Å². The highest BCUT2D eigenvalue weighted by molar-refractivity contribution is 5.69. The van der Waals surface area contributed by atoms with Crippen LogP contribution in [-0.4, -0.2) is 24.1 Å². The third-order valence-corrected chi connectivity index (χ3v) is 3.18. The molecule has 0 N–H and O–H groups in total. The summed E-state index contributed by atoms with van der Waals surface area (Å²) in [5, 5.41) is 0. The van der Waals surface area contributed by atoms with Crippen molar-refractivity contribution in [3.05, 3.63) is 23.5 Å². The second kappa shape index (κ2) is 6.07. The highest BCUT2D eigenvalue weighted by Crippen LogP contribution is 2.32. The quantitative estimate of drug-likeness (QED) is 0.755. The topological polar surface area (TPSA) is 29.5 Å². The lowest BCUT2D eigenvalue weighted by Crippen LogP contribution is -2.31. The van der Waals surface area contributed by atoms with E-state index < -0.39 is 0 Å². The summed E-state index contributed by atoms with van der Waals surface area (Å²) in [6, 6.07) is 0. The Morgan fingerprint density at radius 2 is 1.94 bits per heavy atom. The van der Waals surface area contributed by atoms with Crippen molar-refractivity contribution in [3.8, 4) is 0 Å². The van der Waals surface area contributed by atoms with E-state index in [1.165, 1.54) is 5.57 Å². The van der Waals surface area contributed by atoms with E-state index in [4.69, 9.17) is 4.74 Å². The van der Waals surface area contributed by atoms with Gasteiger partial charge in [-0.1, -0.05) is 26.8 Å². The van der Waals surface area contributed by atoms with Crippen LogP contribution < -0.4 is 0 Å². The third kappa shape index (κ3) is 3.90. The number of amides is 1. The Morgan fingerprint density at radius 3 is 2.44 bits per heavy atom. The first kappa shape index (κ1) is 14.8. The number of rotatable bonds is 3. The zero-order valence-corrected chi connectivity index (χ0v) is 12.2. The van der Waals surface area contributed by atoms with Gasteiger partial charge in [0.2, 0.25) is 0 Å². The van der Waals surface area contributed by atoms with Crippen LogP contribution in [0, 0.1) is 5.41 Å². The zero-order valence-electron chi connectivity index (χ0n) is 12.2. The average molecular weight is 251 g/mol. The SMILES string of the molecule is CCN(CC)C(=O)OC1=CC(C(C)(C)C)=CCC1. The van der Waals surface area contributed by atoms with Gasteiger partial charge in [-0.2, -0.15) is 0 Å². The molecule has 102 valence electrons. The fraction of sp³-hybridized carbons (Fsp3) is 0.667. The molecule has 0 aromatic heterocycles. The highest BCUT2D eigenvalue weighted by Gasteiger charge is 2.20. The van der Waals surface area contributed by atoms with Crippen molar-refractivity contribution in [1.82, 2.24) is 4.90 Å². The largest absolute Gasteiger partial charge is 0.415 e. The van der Waals surface area contributed by atoms with Crippen molar-refractivity contribution in [2.45, 2.75) is 47.5 Å². The molecule has 0 aromatic rings. The lowest BCUT2D eigenvalue weighted by atomic mass is 9.83. The summed E-state index contributed by atoms with van der Waals surface area (Å²) in [5.41, 5.74) is 1.35. The van der Waals surface area contributed by atoms with Crippen molar-refractivity contribution >= 4 is 6.09 Å². The summed E-state index contributed by atoms with van der Waals surface area (Å²) in [6.45, 7) is 11.8. The molecule has 0 atom stereocenters. The predicted molar refractivity (Wildman–Crippen MR) is 74.3 cm³/mol. The van der Waals surface area contributed by atoms with E-state index in [0.29, 0.717) is 13.1 Å². The Balaban J connectivity index is 2.71. The van der Waals surface area contributed by atoms with Crippen LogP contribution in [0.5, 0.6) is 0 Å². The summed E-state index contributed by atoms with van der Waals surface area (Å²) in [5.74, 6) is 0.791. The highest BCUT2D eigenvalue weighted by atomic mass is 16.6. The van der Waals surface area contributed by atoms with Gasteiger partial charge in [-0.25, -0.2) is 4.79 Å². The lowest BCUT2D eigenvalue weighted by Gasteiger charge is -2.25. The molecule has 0 bridgehead atoms. The van der Waals surface area contributed by atoms with Crippen LogP contribution in [0.25, 0.3) is 0 Å². The molecule has 1 amide bonds. The van der Waals surface area contributed by atoms with E-state index in [-0.39, 0.29) is 11.5 Å². The van der Waals surface area contributed by atoms with Gasteiger partial charge < -0.3 is 9.64 Å². The van der Waals surface area contributed by atoms with Crippen LogP contribution in [0.1, 0.15) is 47.5 Å². The van der Waals surface area contributed by atoms with E-state index in [2.05, 4.69) is 26.8 Å². The smallest absolute Gasteiger partial charge is 0.414 e. The van der Waals surface area contributed by atoms with Crippen LogP contribution in [0.2, 0.25) is 0 Å². The number of carbonyl (C=O) groups excluding carboxylic acids is 1. The van der Waals surface area contributed by atoms with Crippen molar-refractivity contribution in [2.24, 2.45) is 5.41 Å². The molecule has 1 aliphatic rings. The first-order valence-corrected chi connectivity index (χ1v) is 6.76. The first-order valence-electron chi connectivity index (χ1n) is 6.76. The predicted octanol–water partition coefficient (Wildman–Crippen LogP) is 4.12. The second-order valence-electron chi connectivity index (χ2n) is 5.60. The van der Waals surface area contributed by atoms with Crippen molar-refractivity contribution in [1.29, 1.82) is 0 Å². The first-order chi connectivity index (χ1) is 8.38. The fourth-order valence-corrected chi connectivity index (χ4v) is 1.94. The fourth-order valence-electron chi connectivity index (χ4n) is 1.94. The Labute approximate surface area is 110 Å². The molecule has 3 nitrogen and oxygen atoms in total. The van der Waals surface area contributed by atoms with Crippen LogP contribution in [-0.2, 0) is 4.74 Å². The van der Waals surface area contributed by atoms with Gasteiger partial charge >= 0.3 is 6.09 Å². The minimum Gasteiger partial charge on any atom is -0.415 e. The van der Waals surface area contributed by atoms with Crippen LogP contribution in [0.3, 0.4) is 0 Å². The van der Waals surface area contributed by atoms with Gasteiger partial charge in [-0.3, -0.25) is 0 Å². The average Bonchev–Trinajstić information content (AvgIpc) is 2.29. The Hall–Kier alpha value is -1.25. The number of allylic oxidation sites excluding steroid dienone is 4. The zero-order chi connectivity index (χ0) is 13.8. The van der Waals surface area contributed by atoms with Gasteiger partial charge in [0.25, 0.3) is 0 Å². The lowest BCUT2D eigenvalue weighted by molar-refractivity contribution is 0.129. The molecule has 0 spiro atoms. The van der Waals surface area contributed by atoms with Crippen molar-refractivity contribution < 1.29 is 9.53 Å². The van der Waals surface area contributed by atoms with Gasteiger partial charge in [-0.05, 0) is 37.3 Å². The van der Waals surface area contributed by atoms with Crippen LogP contribution >= 0.6 is 0 Å². The van der Waals surface area contributed by atoms with Crippen molar-refractivity contribution in [2.75, 3.05) is 13.1 Å². The Kier molecular flexibility index (Phi) is 5.00. The standard InChI is InChI=1S/C15H25NO2/c1-6-16(7-2)14(17)18-13-10-8-9-12(11-13)15(3,4)5/h9,11H,6-8,10H2,1-5H3. The number of hydrogen-bond acceptors (Lipinski definition) is 2. The molecule has 18 heavy (non-hydrogen) atoms. The van der Waals surface area contributed by atoms with E-state index in [1.54, 1.807) is 4.90 Å². The molecule has 0 fully saturated rings. The third-order valence-electron chi connectivity index (χ3n) is 3.18. The number of carbonyl (C=O) groups is 1. The van der Waals surface area contributed by atoms with Gasteiger partial charge in [-0.15, -0.1) is 0 Å². The van der Waals surface area contributed by atoms with Gasteiger partial charge in [0, 0.05) is 19.5 Å². The summed E-state index contributed by atoms with van der Waals surface area (Å²) >= 11 is 0. The van der Waals surface area contributed by atoms with E-state index in [9.17, 15) is 4.79 Å². The van der Waals surface area contributed by atoms with Crippen molar-refractivity contribution in [3.63, 3.8) is 0 Å².